The van der Waals surface area contributed by atoms with E-state index in [4.69, 9.17) is 10.1 Å². The van der Waals surface area contributed by atoms with Gasteiger partial charge < -0.3 is 10.1 Å². The van der Waals surface area contributed by atoms with Gasteiger partial charge in [-0.3, -0.25) is 4.79 Å². The molecular weight excluding hydrogens is 655 g/mol. The van der Waals surface area contributed by atoms with Crippen LogP contribution in [0.4, 0.5) is 0 Å². The number of aliphatic hydroxyl groups excluding tert-OH is 1. The van der Waals surface area contributed by atoms with Crippen LogP contribution < -0.4 is 20.7 Å². The molecule has 1 N–H and O–H groups in total. The zero-order chi connectivity index (χ0) is 25.1. The number of aliphatic hydroxyl groups is 1. The van der Waals surface area contributed by atoms with Crippen LogP contribution >= 0.6 is 0 Å². The summed E-state index contributed by atoms with van der Waals surface area (Å²) in [5.74, 6) is -0.0625. The van der Waals surface area contributed by atoms with Crippen molar-refractivity contribution in [3.8, 4) is 22.4 Å². The molecule has 3 aromatic carbocycles. The molecule has 0 saturated heterocycles. The van der Waals surface area contributed by atoms with E-state index in [1.807, 2.05) is 6.20 Å². The fourth-order valence-electron chi connectivity index (χ4n) is 5.91. The second-order valence-corrected chi connectivity index (χ2v) is 19.2. The number of carbonyl (C=O) groups excluding carboxylic acids is 1. The molecule has 1 radical (unpaired) electrons. The molecule has 0 unspecified atom stereocenters. The van der Waals surface area contributed by atoms with Crippen LogP contribution in [0.25, 0.3) is 33.2 Å². The summed E-state index contributed by atoms with van der Waals surface area (Å²) in [5, 5.41) is 17.2. The van der Waals surface area contributed by atoms with Gasteiger partial charge in [-0.05, 0) is 41.9 Å². The second kappa shape index (κ2) is 9.35. The van der Waals surface area contributed by atoms with Crippen molar-refractivity contribution in [1.82, 2.24) is 4.98 Å². The molecule has 36 heavy (non-hydrogen) atoms. The molecule has 2 aliphatic rings. The molecule has 185 valence electrons. The second-order valence-electron chi connectivity index (χ2n) is 10.6. The number of hydrogen-bond donors (Lipinski definition) is 1. The number of rotatable bonds is 1. The van der Waals surface area contributed by atoms with Crippen LogP contribution in [0.2, 0.25) is 26.2 Å². The molecule has 1 aromatic heterocycles. The van der Waals surface area contributed by atoms with Gasteiger partial charge in [-0.25, -0.2) is 0 Å². The SMILES string of the molecule is CC(=O)/C=C(/C)O.C[Si]1(C)c2cccc3c2-c2c1ccnc2-c1[c-]cc2ccccc2c1[Si]3(C)C.[Ir]. The van der Waals surface area contributed by atoms with Crippen molar-refractivity contribution in [3.63, 3.8) is 0 Å². The molecule has 3 nitrogen and oxygen atoms in total. The first-order valence-corrected chi connectivity index (χ1v) is 18.0. The number of aromatic nitrogens is 1. The number of ketones is 1. The molecule has 6 heteroatoms. The molecule has 0 atom stereocenters. The Morgan fingerprint density at radius 3 is 2.17 bits per heavy atom. The molecule has 0 saturated carbocycles. The summed E-state index contributed by atoms with van der Waals surface area (Å²) in [6.45, 7) is 12.9. The Kier molecular flexibility index (Phi) is 6.86. The quantitative estimate of drug-likeness (QED) is 0.137. The molecule has 3 heterocycles. The summed E-state index contributed by atoms with van der Waals surface area (Å²) in [6.07, 6.45) is 3.20. The van der Waals surface area contributed by atoms with Crippen LogP contribution in [0.3, 0.4) is 0 Å². The van der Waals surface area contributed by atoms with Gasteiger partial charge in [0.15, 0.2) is 5.78 Å². The van der Waals surface area contributed by atoms with Crippen molar-refractivity contribution in [2.45, 2.75) is 40.0 Å². The van der Waals surface area contributed by atoms with Gasteiger partial charge in [0.1, 0.15) is 8.07 Å². The zero-order valence-electron chi connectivity index (χ0n) is 21.5. The van der Waals surface area contributed by atoms with Crippen molar-refractivity contribution in [1.29, 1.82) is 0 Å². The van der Waals surface area contributed by atoms with Gasteiger partial charge in [0.05, 0.1) is 13.8 Å². The van der Waals surface area contributed by atoms with Gasteiger partial charge >= 0.3 is 0 Å². The van der Waals surface area contributed by atoms with Gasteiger partial charge in [-0.15, -0.1) is 22.9 Å². The Morgan fingerprint density at radius 1 is 0.889 bits per heavy atom. The summed E-state index contributed by atoms with van der Waals surface area (Å²) in [6, 6.07) is 24.0. The van der Waals surface area contributed by atoms with Crippen LogP contribution in [0, 0.1) is 6.07 Å². The number of hydrogen-bond acceptors (Lipinski definition) is 3. The van der Waals surface area contributed by atoms with Gasteiger partial charge in [0.2, 0.25) is 0 Å². The summed E-state index contributed by atoms with van der Waals surface area (Å²) in [7, 11) is -3.65. The predicted octanol–water partition coefficient (Wildman–Crippen LogP) is 4.68. The van der Waals surface area contributed by atoms with E-state index in [-0.39, 0.29) is 31.6 Å². The molecule has 0 amide bonds. The van der Waals surface area contributed by atoms with Gasteiger partial charge in [0, 0.05) is 32.4 Å². The van der Waals surface area contributed by atoms with Crippen molar-refractivity contribution < 1.29 is 30.0 Å². The molecular formula is C30H30IrNO2Si2-. The van der Waals surface area contributed by atoms with Crippen molar-refractivity contribution in [2.24, 2.45) is 0 Å². The van der Waals surface area contributed by atoms with E-state index in [1.54, 1.807) is 15.6 Å². The average Bonchev–Trinajstić information content (AvgIpc) is 2.99. The monoisotopic (exact) mass is 685 g/mol. The summed E-state index contributed by atoms with van der Waals surface area (Å²) in [4.78, 5) is 15.0. The van der Waals surface area contributed by atoms with E-state index in [2.05, 4.69) is 86.9 Å². The number of allylic oxidation sites excluding steroid dienone is 2. The first kappa shape index (κ1) is 26.4. The minimum Gasteiger partial charge on any atom is -0.512 e. The topological polar surface area (TPSA) is 50.2 Å². The maximum absolute atomic E-state index is 10.0. The molecule has 2 aliphatic heterocycles. The van der Waals surface area contributed by atoms with Gasteiger partial charge in [-0.1, -0.05) is 89.8 Å². The van der Waals surface area contributed by atoms with Crippen LogP contribution in [-0.2, 0) is 24.9 Å². The van der Waals surface area contributed by atoms with E-state index in [1.165, 1.54) is 52.6 Å². The fraction of sp³-hybridized carbons (Fsp3) is 0.200. The van der Waals surface area contributed by atoms with E-state index >= 15 is 0 Å². The predicted molar refractivity (Wildman–Crippen MR) is 152 cm³/mol. The third kappa shape index (κ3) is 3.97. The van der Waals surface area contributed by atoms with E-state index < -0.39 is 16.1 Å². The van der Waals surface area contributed by atoms with Gasteiger partial charge in [0.25, 0.3) is 0 Å². The first-order valence-electron chi connectivity index (χ1n) is 12.0. The Labute approximate surface area is 228 Å². The molecule has 0 spiro atoms. The Morgan fingerprint density at radius 2 is 1.53 bits per heavy atom. The number of pyridine rings is 1. The third-order valence-electron chi connectivity index (χ3n) is 7.41. The van der Waals surface area contributed by atoms with Crippen molar-refractivity contribution in [3.05, 3.63) is 78.7 Å². The fourth-order valence-corrected chi connectivity index (χ4v) is 12.5. The van der Waals surface area contributed by atoms with Crippen LogP contribution in [0.1, 0.15) is 13.8 Å². The largest absolute Gasteiger partial charge is 0.512 e. The number of nitrogens with zero attached hydrogens (tertiary/aromatic N) is 1. The molecule has 0 aliphatic carbocycles. The Bertz CT molecular complexity index is 1550. The maximum atomic E-state index is 10.0. The Hall–Kier alpha value is -2.64. The van der Waals surface area contributed by atoms with Gasteiger partial charge in [-0.2, -0.15) is 0 Å². The van der Waals surface area contributed by atoms with E-state index in [0.29, 0.717) is 0 Å². The first-order chi connectivity index (χ1) is 16.5. The van der Waals surface area contributed by atoms with E-state index in [0.717, 1.165) is 5.69 Å². The van der Waals surface area contributed by atoms with Crippen molar-refractivity contribution >= 4 is 53.5 Å². The summed E-state index contributed by atoms with van der Waals surface area (Å²) >= 11 is 0. The number of fused-ring (bicyclic) bond motifs is 4. The minimum atomic E-state index is -1.95. The normalized spacial score (nSPS) is 15.6. The van der Waals surface area contributed by atoms with Crippen LogP contribution in [0.5, 0.6) is 0 Å². The smallest absolute Gasteiger partial charge is 0.155 e. The zero-order valence-corrected chi connectivity index (χ0v) is 25.9. The maximum Gasteiger partial charge on any atom is 0.155 e. The molecule has 6 rings (SSSR count). The summed E-state index contributed by atoms with van der Waals surface area (Å²) in [5.41, 5.74) is 5.32. The summed E-state index contributed by atoms with van der Waals surface area (Å²) < 4.78 is 0. The molecule has 0 bridgehead atoms. The standard InChI is InChI=1S/C25H22NSi2.C5H8O2.Ir/c1-27(2)19-10-7-11-20-22(19)23-21(27)14-15-26-24(23)18-13-12-16-8-5-6-9-17(16)25(18)28(20,3)4;1-4(6)3-5(2)7;/h5-12,14-15H,1-4H3;3,6H,1-2H3;/q-1;;/b;4-3-;. The average molecular weight is 685 g/mol. The minimum absolute atomic E-state index is 0. The van der Waals surface area contributed by atoms with Crippen LogP contribution in [0.15, 0.2) is 72.6 Å². The Balaban J connectivity index is 0.000000338. The number of carbonyl (C=O) groups is 1. The number of benzene rings is 3. The molecule has 0 fully saturated rings. The molecule has 4 aromatic rings. The third-order valence-corrected chi connectivity index (χ3v) is 14.5. The van der Waals surface area contributed by atoms with Crippen LogP contribution in [-0.4, -0.2) is 32.0 Å². The van der Waals surface area contributed by atoms with E-state index in [9.17, 15) is 4.79 Å². The van der Waals surface area contributed by atoms with Crippen molar-refractivity contribution in [2.75, 3.05) is 0 Å².